The maximum atomic E-state index is 11.7. The second-order valence-electron chi connectivity index (χ2n) is 4.22. The Balaban J connectivity index is 3.37. The quantitative estimate of drug-likeness (QED) is 0.725. The van der Waals surface area contributed by atoms with Crippen LogP contribution in [0.15, 0.2) is 0 Å². The van der Waals surface area contributed by atoms with E-state index in [0.717, 1.165) is 19.3 Å². The van der Waals surface area contributed by atoms with Crippen LogP contribution in [0.25, 0.3) is 0 Å². The van der Waals surface area contributed by atoms with E-state index < -0.39 is 12.8 Å². The number of rotatable bonds is 7. The van der Waals surface area contributed by atoms with Gasteiger partial charge in [0.25, 0.3) is 0 Å². The van der Waals surface area contributed by atoms with E-state index >= 15 is 0 Å². The molecule has 1 unspecified atom stereocenters. The molecule has 0 heterocycles. The maximum Gasteiger partial charge on any atom is 0.411 e. The first-order valence-electron chi connectivity index (χ1n) is 5.21. The van der Waals surface area contributed by atoms with Crippen molar-refractivity contribution in [2.75, 3.05) is 13.2 Å². The lowest BCUT2D eigenvalue weighted by atomic mass is 10.0. The fourth-order valence-electron chi connectivity index (χ4n) is 1.20. The first kappa shape index (κ1) is 14.7. The van der Waals surface area contributed by atoms with Crippen LogP contribution in [0.2, 0.25) is 0 Å². The van der Waals surface area contributed by atoms with Gasteiger partial charge in [-0.2, -0.15) is 13.2 Å². The Morgan fingerprint density at radius 1 is 1.20 bits per heavy atom. The smallest absolute Gasteiger partial charge is 0.370 e. The van der Waals surface area contributed by atoms with Gasteiger partial charge in [0.1, 0.15) is 6.61 Å². The van der Waals surface area contributed by atoms with Crippen LogP contribution < -0.4 is 5.73 Å². The highest BCUT2D eigenvalue weighted by Crippen LogP contribution is 2.14. The summed E-state index contributed by atoms with van der Waals surface area (Å²) in [7, 11) is 0. The lowest BCUT2D eigenvalue weighted by Crippen LogP contribution is -2.29. The molecule has 0 aliphatic carbocycles. The summed E-state index contributed by atoms with van der Waals surface area (Å²) in [6.07, 6.45) is -1.55. The summed E-state index contributed by atoms with van der Waals surface area (Å²) >= 11 is 0. The van der Waals surface area contributed by atoms with E-state index in [-0.39, 0.29) is 12.6 Å². The minimum Gasteiger partial charge on any atom is -0.370 e. The van der Waals surface area contributed by atoms with Crippen molar-refractivity contribution in [1.29, 1.82) is 0 Å². The van der Waals surface area contributed by atoms with E-state index in [2.05, 4.69) is 18.6 Å². The monoisotopic (exact) mass is 227 g/mol. The molecule has 1 atom stereocenters. The van der Waals surface area contributed by atoms with Crippen molar-refractivity contribution in [3.05, 3.63) is 0 Å². The van der Waals surface area contributed by atoms with E-state index in [4.69, 9.17) is 5.73 Å². The highest BCUT2D eigenvalue weighted by molar-refractivity contribution is 4.61. The molecule has 2 nitrogen and oxygen atoms in total. The Bertz CT molecular complexity index is 159. The number of halogens is 3. The lowest BCUT2D eigenvalue weighted by molar-refractivity contribution is -0.174. The summed E-state index contributed by atoms with van der Waals surface area (Å²) in [4.78, 5) is 0. The molecule has 0 bridgehead atoms. The highest BCUT2D eigenvalue weighted by Gasteiger charge is 2.27. The van der Waals surface area contributed by atoms with Gasteiger partial charge in [-0.05, 0) is 12.3 Å². The van der Waals surface area contributed by atoms with Crippen LogP contribution in [0.3, 0.4) is 0 Å². The molecule has 92 valence electrons. The SMILES string of the molecule is CC(C)CCCC(N)COCC(F)(F)F. The molecule has 0 radical (unpaired) electrons. The highest BCUT2D eigenvalue weighted by atomic mass is 19.4. The number of nitrogens with two attached hydrogens (primary N) is 1. The van der Waals surface area contributed by atoms with E-state index in [1.165, 1.54) is 0 Å². The van der Waals surface area contributed by atoms with Crippen molar-refractivity contribution in [2.45, 2.75) is 45.3 Å². The molecular weight excluding hydrogens is 207 g/mol. The summed E-state index contributed by atoms with van der Waals surface area (Å²) in [6.45, 7) is 2.99. The topological polar surface area (TPSA) is 35.2 Å². The van der Waals surface area contributed by atoms with Gasteiger partial charge in [0, 0.05) is 6.04 Å². The van der Waals surface area contributed by atoms with Gasteiger partial charge >= 0.3 is 6.18 Å². The third kappa shape index (κ3) is 11.6. The Morgan fingerprint density at radius 2 is 1.80 bits per heavy atom. The molecule has 0 saturated carbocycles. The summed E-state index contributed by atoms with van der Waals surface area (Å²) < 4.78 is 39.6. The fourth-order valence-corrected chi connectivity index (χ4v) is 1.20. The van der Waals surface area contributed by atoms with E-state index in [1.54, 1.807) is 0 Å². The number of hydrogen-bond donors (Lipinski definition) is 1. The molecule has 0 aliphatic rings. The van der Waals surface area contributed by atoms with Crippen molar-refractivity contribution in [3.63, 3.8) is 0 Å². The first-order chi connectivity index (χ1) is 6.81. The summed E-state index contributed by atoms with van der Waals surface area (Å²) in [6, 6.07) is -0.286. The normalized spacial score (nSPS) is 14.6. The summed E-state index contributed by atoms with van der Waals surface area (Å²) in [5.74, 6) is 0.605. The van der Waals surface area contributed by atoms with Crippen molar-refractivity contribution >= 4 is 0 Å². The number of alkyl halides is 3. The molecule has 15 heavy (non-hydrogen) atoms. The van der Waals surface area contributed by atoms with Crippen LogP contribution in [0, 0.1) is 5.92 Å². The molecular formula is C10H20F3NO. The molecule has 0 saturated heterocycles. The molecule has 0 aromatic rings. The van der Waals surface area contributed by atoms with E-state index in [9.17, 15) is 13.2 Å². The minimum absolute atomic E-state index is 0.0163. The van der Waals surface area contributed by atoms with E-state index in [0.29, 0.717) is 5.92 Å². The standard InChI is InChI=1S/C10H20F3NO/c1-8(2)4-3-5-9(14)6-15-7-10(11,12)13/h8-9H,3-7,14H2,1-2H3. The van der Waals surface area contributed by atoms with E-state index in [1.807, 2.05) is 0 Å². The Kier molecular flexibility index (Phi) is 6.92. The van der Waals surface area contributed by atoms with Gasteiger partial charge in [-0.3, -0.25) is 0 Å². The van der Waals surface area contributed by atoms with Crippen LogP contribution in [-0.2, 0) is 4.74 Å². The largest absolute Gasteiger partial charge is 0.411 e. The Hall–Kier alpha value is -0.290. The van der Waals surface area contributed by atoms with Crippen molar-refractivity contribution in [1.82, 2.24) is 0 Å². The molecule has 5 heteroatoms. The van der Waals surface area contributed by atoms with Crippen LogP contribution in [0.5, 0.6) is 0 Å². The van der Waals surface area contributed by atoms with Crippen LogP contribution in [0.4, 0.5) is 13.2 Å². The predicted molar refractivity (Wildman–Crippen MR) is 53.5 cm³/mol. The average Bonchev–Trinajstić information content (AvgIpc) is 2.00. The molecule has 0 aromatic heterocycles. The summed E-state index contributed by atoms with van der Waals surface area (Å²) in [5, 5.41) is 0. The van der Waals surface area contributed by atoms with Gasteiger partial charge in [-0.1, -0.05) is 26.7 Å². The third-order valence-electron chi connectivity index (χ3n) is 1.95. The van der Waals surface area contributed by atoms with Crippen LogP contribution >= 0.6 is 0 Å². The predicted octanol–water partition coefficient (Wildman–Crippen LogP) is 2.72. The van der Waals surface area contributed by atoms with Crippen molar-refractivity contribution < 1.29 is 17.9 Å². The second-order valence-corrected chi connectivity index (χ2v) is 4.22. The molecule has 0 spiro atoms. The van der Waals surface area contributed by atoms with Gasteiger partial charge in [0.15, 0.2) is 0 Å². The molecule has 0 rings (SSSR count). The Morgan fingerprint density at radius 3 is 2.27 bits per heavy atom. The van der Waals surface area contributed by atoms with Crippen LogP contribution in [-0.4, -0.2) is 25.4 Å². The van der Waals surface area contributed by atoms with Crippen molar-refractivity contribution in [3.8, 4) is 0 Å². The van der Waals surface area contributed by atoms with Gasteiger partial charge in [-0.25, -0.2) is 0 Å². The van der Waals surface area contributed by atoms with Gasteiger partial charge in [-0.15, -0.1) is 0 Å². The molecule has 0 aromatic carbocycles. The summed E-state index contributed by atoms with van der Waals surface area (Å²) in [5.41, 5.74) is 5.60. The fraction of sp³-hybridized carbons (Fsp3) is 1.00. The van der Waals surface area contributed by atoms with Gasteiger partial charge in [0.05, 0.1) is 6.61 Å². The molecule has 0 amide bonds. The number of hydrogen-bond acceptors (Lipinski definition) is 2. The Labute approximate surface area is 89.0 Å². The van der Waals surface area contributed by atoms with Crippen LogP contribution in [0.1, 0.15) is 33.1 Å². The first-order valence-corrected chi connectivity index (χ1v) is 5.21. The minimum atomic E-state index is -4.25. The molecule has 2 N–H and O–H groups in total. The zero-order chi connectivity index (χ0) is 11.9. The maximum absolute atomic E-state index is 11.7. The van der Waals surface area contributed by atoms with Gasteiger partial charge < -0.3 is 10.5 Å². The molecule has 0 fully saturated rings. The second kappa shape index (κ2) is 7.06. The zero-order valence-electron chi connectivity index (χ0n) is 9.31. The lowest BCUT2D eigenvalue weighted by Gasteiger charge is -2.13. The molecule has 0 aliphatic heterocycles. The third-order valence-corrected chi connectivity index (χ3v) is 1.95. The zero-order valence-corrected chi connectivity index (χ0v) is 9.31. The van der Waals surface area contributed by atoms with Gasteiger partial charge in [0.2, 0.25) is 0 Å². The van der Waals surface area contributed by atoms with Crippen molar-refractivity contribution in [2.24, 2.45) is 11.7 Å². The number of ether oxygens (including phenoxy) is 1. The average molecular weight is 227 g/mol.